The number of hydrogen-bond acceptors (Lipinski definition) is 5. The third-order valence-corrected chi connectivity index (χ3v) is 3.82. The number of benzene rings is 1. The van der Waals surface area contributed by atoms with Crippen molar-refractivity contribution < 1.29 is 9.53 Å². The molecule has 116 valence electrons. The maximum Gasteiger partial charge on any atom is 0.274 e. The number of halogens is 1. The van der Waals surface area contributed by atoms with Crippen LogP contribution in [-0.4, -0.2) is 36.1 Å². The van der Waals surface area contributed by atoms with Crippen LogP contribution in [0.15, 0.2) is 35.1 Å². The number of amides is 1. The van der Waals surface area contributed by atoms with Gasteiger partial charge in [-0.3, -0.25) is 4.79 Å². The van der Waals surface area contributed by atoms with Gasteiger partial charge in [0.2, 0.25) is 0 Å². The highest BCUT2D eigenvalue weighted by Crippen LogP contribution is 2.20. The maximum absolute atomic E-state index is 12.2. The molecule has 6 nitrogen and oxygen atoms in total. The van der Waals surface area contributed by atoms with E-state index in [1.807, 2.05) is 25.1 Å². The molecule has 2 N–H and O–H groups in total. The second-order valence-corrected chi connectivity index (χ2v) is 5.48. The fourth-order valence-corrected chi connectivity index (χ4v) is 2.02. The lowest BCUT2D eigenvalue weighted by molar-refractivity contribution is 0.102. The van der Waals surface area contributed by atoms with E-state index in [2.05, 4.69) is 36.5 Å². The van der Waals surface area contributed by atoms with Crippen LogP contribution in [0.2, 0.25) is 0 Å². The van der Waals surface area contributed by atoms with E-state index in [-0.39, 0.29) is 5.91 Å². The molecular formula is C15H17BrN4O2. The first-order valence-corrected chi connectivity index (χ1v) is 7.52. The van der Waals surface area contributed by atoms with Crippen LogP contribution in [0.5, 0.6) is 0 Å². The molecule has 2 rings (SSSR count). The van der Waals surface area contributed by atoms with E-state index in [1.54, 1.807) is 13.2 Å². The Balaban J connectivity index is 2.05. The molecule has 0 aliphatic heterocycles. The summed E-state index contributed by atoms with van der Waals surface area (Å²) < 4.78 is 5.95. The number of hydrogen-bond donors (Lipinski definition) is 2. The molecule has 0 aliphatic carbocycles. The summed E-state index contributed by atoms with van der Waals surface area (Å²) in [6, 6.07) is 7.22. The number of carbonyl (C=O) groups is 1. The van der Waals surface area contributed by atoms with E-state index in [1.165, 1.54) is 6.33 Å². The minimum Gasteiger partial charge on any atom is -0.383 e. The van der Waals surface area contributed by atoms with Crippen LogP contribution in [0.25, 0.3) is 0 Å². The molecule has 0 aliphatic rings. The predicted molar refractivity (Wildman–Crippen MR) is 89.2 cm³/mol. The molecule has 0 radical (unpaired) electrons. The highest BCUT2D eigenvalue weighted by Gasteiger charge is 2.09. The fraction of sp³-hybridized carbons (Fsp3) is 0.267. The Kier molecular flexibility index (Phi) is 5.85. The lowest BCUT2D eigenvalue weighted by Crippen LogP contribution is -2.15. The van der Waals surface area contributed by atoms with Crippen molar-refractivity contribution in [2.45, 2.75) is 6.92 Å². The van der Waals surface area contributed by atoms with Crippen LogP contribution in [0.4, 0.5) is 11.5 Å². The Hall–Kier alpha value is -1.99. The molecule has 22 heavy (non-hydrogen) atoms. The van der Waals surface area contributed by atoms with E-state index in [0.717, 1.165) is 15.7 Å². The number of anilines is 2. The molecule has 1 aromatic carbocycles. The number of ether oxygens (including phenoxy) is 1. The molecule has 0 unspecified atom stereocenters. The van der Waals surface area contributed by atoms with E-state index in [9.17, 15) is 4.79 Å². The first kappa shape index (κ1) is 16.4. The summed E-state index contributed by atoms with van der Waals surface area (Å²) in [6.45, 7) is 3.13. The van der Waals surface area contributed by atoms with Gasteiger partial charge in [0, 0.05) is 29.9 Å². The van der Waals surface area contributed by atoms with Crippen molar-refractivity contribution in [1.29, 1.82) is 0 Å². The number of methoxy groups -OCH3 is 1. The molecule has 2 aromatic rings. The van der Waals surface area contributed by atoms with Crippen LogP contribution in [0.1, 0.15) is 16.1 Å². The number of aromatic nitrogens is 2. The summed E-state index contributed by atoms with van der Waals surface area (Å²) in [5.41, 5.74) is 2.07. The van der Waals surface area contributed by atoms with E-state index >= 15 is 0 Å². The van der Waals surface area contributed by atoms with Gasteiger partial charge in [0.1, 0.15) is 17.8 Å². The minimum atomic E-state index is -0.279. The van der Waals surface area contributed by atoms with Crippen LogP contribution in [0, 0.1) is 6.92 Å². The Bertz CT molecular complexity index is 664. The number of carbonyl (C=O) groups excluding carboxylic acids is 1. The average Bonchev–Trinajstić information content (AvgIpc) is 2.51. The van der Waals surface area contributed by atoms with Crippen molar-refractivity contribution in [2.24, 2.45) is 0 Å². The molecule has 0 saturated carbocycles. The lowest BCUT2D eigenvalue weighted by Gasteiger charge is -2.08. The van der Waals surface area contributed by atoms with Crippen LogP contribution in [0.3, 0.4) is 0 Å². The van der Waals surface area contributed by atoms with Gasteiger partial charge in [0.05, 0.1) is 6.61 Å². The third kappa shape index (κ3) is 4.51. The summed E-state index contributed by atoms with van der Waals surface area (Å²) >= 11 is 3.43. The molecule has 1 amide bonds. The Morgan fingerprint density at radius 1 is 1.32 bits per heavy atom. The zero-order valence-corrected chi connectivity index (χ0v) is 14.0. The van der Waals surface area contributed by atoms with Gasteiger partial charge in [0.15, 0.2) is 0 Å². The van der Waals surface area contributed by atoms with Gasteiger partial charge in [-0.15, -0.1) is 0 Å². The van der Waals surface area contributed by atoms with Gasteiger partial charge < -0.3 is 15.4 Å². The first-order valence-electron chi connectivity index (χ1n) is 6.72. The summed E-state index contributed by atoms with van der Waals surface area (Å²) in [4.78, 5) is 20.3. The number of rotatable bonds is 6. The molecule has 0 spiro atoms. The standard InChI is InChI=1S/C15H17BrN4O2/c1-10-7-11(3-4-12(10)16)20-15(21)13-8-14(19-9-18-13)17-5-6-22-2/h3-4,7-9H,5-6H2,1-2H3,(H,20,21)(H,17,18,19). The molecule has 0 saturated heterocycles. The predicted octanol–water partition coefficient (Wildman–Crippen LogP) is 2.86. The molecule has 0 fully saturated rings. The van der Waals surface area contributed by atoms with Crippen molar-refractivity contribution in [2.75, 3.05) is 30.9 Å². The number of nitrogens with zero attached hydrogens (tertiary/aromatic N) is 2. The van der Waals surface area contributed by atoms with Gasteiger partial charge >= 0.3 is 0 Å². The molecule has 0 bridgehead atoms. The third-order valence-electron chi connectivity index (χ3n) is 2.93. The van der Waals surface area contributed by atoms with Crippen molar-refractivity contribution in [3.8, 4) is 0 Å². The zero-order valence-electron chi connectivity index (χ0n) is 12.4. The quantitative estimate of drug-likeness (QED) is 0.770. The normalized spacial score (nSPS) is 10.3. The van der Waals surface area contributed by atoms with E-state index in [0.29, 0.717) is 24.7 Å². The SMILES string of the molecule is COCCNc1cc(C(=O)Nc2ccc(Br)c(C)c2)ncn1. The van der Waals surface area contributed by atoms with Crippen LogP contribution >= 0.6 is 15.9 Å². The highest BCUT2D eigenvalue weighted by molar-refractivity contribution is 9.10. The fourth-order valence-electron chi connectivity index (χ4n) is 1.78. The molecule has 0 atom stereocenters. The molecular weight excluding hydrogens is 348 g/mol. The second-order valence-electron chi connectivity index (χ2n) is 4.63. The monoisotopic (exact) mass is 364 g/mol. The van der Waals surface area contributed by atoms with Crippen molar-refractivity contribution in [3.63, 3.8) is 0 Å². The summed E-state index contributed by atoms with van der Waals surface area (Å²) in [5.74, 6) is 0.308. The first-order chi connectivity index (χ1) is 10.6. The second kappa shape index (κ2) is 7.86. The van der Waals surface area contributed by atoms with Crippen molar-refractivity contribution in [3.05, 3.63) is 46.3 Å². The summed E-state index contributed by atoms with van der Waals surface area (Å²) in [5, 5.41) is 5.88. The minimum absolute atomic E-state index is 0.279. The van der Waals surface area contributed by atoms with Crippen LogP contribution < -0.4 is 10.6 Å². The summed E-state index contributed by atoms with van der Waals surface area (Å²) in [7, 11) is 1.63. The van der Waals surface area contributed by atoms with Gasteiger partial charge in [-0.1, -0.05) is 15.9 Å². The van der Waals surface area contributed by atoms with Crippen molar-refractivity contribution in [1.82, 2.24) is 9.97 Å². The number of nitrogens with one attached hydrogen (secondary N) is 2. The topological polar surface area (TPSA) is 76.1 Å². The van der Waals surface area contributed by atoms with E-state index in [4.69, 9.17) is 4.74 Å². The number of aryl methyl sites for hydroxylation is 1. The Morgan fingerprint density at radius 3 is 2.86 bits per heavy atom. The summed E-state index contributed by atoms with van der Waals surface area (Å²) in [6.07, 6.45) is 1.36. The van der Waals surface area contributed by atoms with Crippen LogP contribution in [-0.2, 0) is 4.74 Å². The van der Waals surface area contributed by atoms with Gasteiger partial charge in [-0.05, 0) is 30.7 Å². The zero-order chi connectivity index (χ0) is 15.9. The maximum atomic E-state index is 12.2. The molecule has 1 heterocycles. The lowest BCUT2D eigenvalue weighted by atomic mass is 10.2. The average molecular weight is 365 g/mol. The Morgan fingerprint density at radius 2 is 2.14 bits per heavy atom. The molecule has 1 aromatic heterocycles. The largest absolute Gasteiger partial charge is 0.383 e. The van der Waals surface area contributed by atoms with Gasteiger partial charge in [-0.2, -0.15) is 0 Å². The molecule has 7 heteroatoms. The van der Waals surface area contributed by atoms with Crippen molar-refractivity contribution >= 4 is 33.3 Å². The van der Waals surface area contributed by atoms with Gasteiger partial charge in [0.25, 0.3) is 5.91 Å². The Labute approximate surface area is 137 Å². The highest BCUT2D eigenvalue weighted by atomic mass is 79.9. The van der Waals surface area contributed by atoms with Gasteiger partial charge in [-0.25, -0.2) is 9.97 Å². The van der Waals surface area contributed by atoms with E-state index < -0.39 is 0 Å². The smallest absolute Gasteiger partial charge is 0.274 e.